The molecule has 152 valence electrons. The number of nitrogens with zero attached hydrogens (tertiary/aromatic N) is 3. The number of sulfone groups is 1. The highest BCUT2D eigenvalue weighted by molar-refractivity contribution is 7.91. The van der Waals surface area contributed by atoms with Gasteiger partial charge in [0.15, 0.2) is 9.84 Å². The number of rotatable bonds is 6. The lowest BCUT2D eigenvalue weighted by Crippen LogP contribution is -2.46. The standard InChI is InChI=1S/C19H32N4O3S/c1-13-18(14(2)23(21-13)17-9-10-27(25,26)12-17)11-22(4)15(3)19(24)20-16-7-5-6-8-16/h15-17H,5-12H2,1-4H3,(H,20,24)/t15-,17-/m0/s1. The van der Waals surface area contributed by atoms with Gasteiger partial charge in [-0.05, 0) is 47.1 Å². The summed E-state index contributed by atoms with van der Waals surface area (Å²) >= 11 is 0. The minimum atomic E-state index is -2.95. The number of aromatic nitrogens is 2. The predicted molar refractivity (Wildman–Crippen MR) is 105 cm³/mol. The first kappa shape index (κ1) is 20.3. The number of carbonyl (C=O) groups is 1. The Bertz CT molecular complexity index is 796. The van der Waals surface area contributed by atoms with Crippen molar-refractivity contribution in [3.8, 4) is 0 Å². The monoisotopic (exact) mass is 396 g/mol. The van der Waals surface area contributed by atoms with Crippen molar-refractivity contribution in [3.63, 3.8) is 0 Å². The van der Waals surface area contributed by atoms with Crippen LogP contribution >= 0.6 is 0 Å². The summed E-state index contributed by atoms with van der Waals surface area (Å²) in [6, 6.07) is 0.0272. The Morgan fingerprint density at radius 3 is 2.56 bits per heavy atom. The van der Waals surface area contributed by atoms with Crippen molar-refractivity contribution < 1.29 is 13.2 Å². The third-order valence-corrected chi connectivity index (χ3v) is 7.93. The summed E-state index contributed by atoms with van der Waals surface area (Å²) in [5.41, 5.74) is 3.00. The van der Waals surface area contributed by atoms with Gasteiger partial charge < -0.3 is 5.32 Å². The molecule has 1 aliphatic heterocycles. The Labute approximate surface area is 162 Å². The van der Waals surface area contributed by atoms with E-state index in [-0.39, 0.29) is 29.5 Å². The van der Waals surface area contributed by atoms with Crippen molar-refractivity contribution >= 4 is 15.7 Å². The fourth-order valence-corrected chi connectivity index (χ4v) is 5.92. The maximum absolute atomic E-state index is 12.5. The van der Waals surface area contributed by atoms with Gasteiger partial charge >= 0.3 is 0 Å². The second kappa shape index (κ2) is 7.91. The van der Waals surface area contributed by atoms with Crippen LogP contribution in [0.4, 0.5) is 0 Å². The molecule has 0 unspecified atom stereocenters. The maximum Gasteiger partial charge on any atom is 0.237 e. The molecule has 0 radical (unpaired) electrons. The number of carbonyl (C=O) groups excluding carboxylic acids is 1. The summed E-state index contributed by atoms with van der Waals surface area (Å²) in [6.07, 6.45) is 5.18. The van der Waals surface area contributed by atoms with Crippen LogP contribution in [-0.2, 0) is 21.2 Å². The third-order valence-electron chi connectivity index (χ3n) is 6.18. The van der Waals surface area contributed by atoms with E-state index in [0.29, 0.717) is 19.0 Å². The highest BCUT2D eigenvalue weighted by atomic mass is 32.2. The van der Waals surface area contributed by atoms with E-state index in [9.17, 15) is 13.2 Å². The van der Waals surface area contributed by atoms with Gasteiger partial charge in [-0.25, -0.2) is 8.42 Å². The highest BCUT2D eigenvalue weighted by Gasteiger charge is 2.32. The zero-order chi connectivity index (χ0) is 19.8. The van der Waals surface area contributed by atoms with Crippen LogP contribution in [0, 0.1) is 13.8 Å². The molecule has 1 N–H and O–H groups in total. The van der Waals surface area contributed by atoms with Gasteiger partial charge in [-0.15, -0.1) is 0 Å². The molecule has 27 heavy (non-hydrogen) atoms. The van der Waals surface area contributed by atoms with Crippen LogP contribution in [0.25, 0.3) is 0 Å². The summed E-state index contributed by atoms with van der Waals surface area (Å²) < 4.78 is 25.5. The molecule has 0 spiro atoms. The van der Waals surface area contributed by atoms with E-state index < -0.39 is 9.84 Å². The molecule has 1 aromatic rings. The molecular weight excluding hydrogens is 364 g/mol. The zero-order valence-electron chi connectivity index (χ0n) is 16.9. The SMILES string of the molecule is Cc1nn([C@H]2CCS(=O)(=O)C2)c(C)c1CN(C)[C@@H](C)C(=O)NC1CCCC1. The molecule has 3 rings (SSSR count). The lowest BCUT2D eigenvalue weighted by Gasteiger charge is -2.25. The number of amides is 1. The largest absolute Gasteiger partial charge is 0.352 e. The minimum absolute atomic E-state index is 0.0733. The van der Waals surface area contributed by atoms with Crippen molar-refractivity contribution in [2.75, 3.05) is 18.6 Å². The van der Waals surface area contributed by atoms with Gasteiger partial charge in [0.05, 0.1) is 29.3 Å². The Balaban J connectivity index is 1.66. The number of likely N-dealkylation sites (N-methyl/N-ethyl adjacent to an activating group) is 1. The van der Waals surface area contributed by atoms with Gasteiger partial charge in [0.2, 0.25) is 5.91 Å². The van der Waals surface area contributed by atoms with E-state index in [2.05, 4.69) is 10.4 Å². The summed E-state index contributed by atoms with van der Waals surface area (Å²) in [4.78, 5) is 14.6. The van der Waals surface area contributed by atoms with E-state index in [1.807, 2.05) is 37.4 Å². The number of hydrogen-bond acceptors (Lipinski definition) is 5. The average Bonchev–Trinajstić information content (AvgIpc) is 3.30. The lowest BCUT2D eigenvalue weighted by molar-refractivity contribution is -0.126. The lowest BCUT2D eigenvalue weighted by atomic mass is 10.1. The fraction of sp³-hybridized carbons (Fsp3) is 0.789. The van der Waals surface area contributed by atoms with Crippen LogP contribution in [-0.4, -0.2) is 59.6 Å². The van der Waals surface area contributed by atoms with E-state index in [1.54, 1.807) is 0 Å². The second-order valence-corrected chi connectivity index (χ2v) is 10.5. The van der Waals surface area contributed by atoms with Crippen LogP contribution in [0.2, 0.25) is 0 Å². The van der Waals surface area contributed by atoms with E-state index in [4.69, 9.17) is 0 Å². The molecular formula is C19H32N4O3S. The molecule has 2 heterocycles. The Kier molecular flexibility index (Phi) is 5.96. The van der Waals surface area contributed by atoms with E-state index in [1.165, 1.54) is 12.8 Å². The number of aryl methyl sites for hydroxylation is 1. The molecule has 1 aliphatic carbocycles. The van der Waals surface area contributed by atoms with Crippen LogP contribution in [0.5, 0.6) is 0 Å². The predicted octanol–water partition coefficient (Wildman–Crippen LogP) is 1.74. The third kappa shape index (κ3) is 4.54. The first-order valence-electron chi connectivity index (χ1n) is 9.93. The first-order chi connectivity index (χ1) is 12.7. The summed E-state index contributed by atoms with van der Waals surface area (Å²) in [6.45, 7) is 6.51. The van der Waals surface area contributed by atoms with Crippen molar-refractivity contribution in [1.29, 1.82) is 0 Å². The molecule has 0 aromatic carbocycles. The Hall–Kier alpha value is -1.41. The topological polar surface area (TPSA) is 84.3 Å². The molecule has 2 aliphatic rings. The average molecular weight is 397 g/mol. The van der Waals surface area contributed by atoms with Crippen molar-refractivity contribution in [2.45, 2.75) is 77.5 Å². The molecule has 1 aromatic heterocycles. The number of nitrogens with one attached hydrogen (secondary N) is 1. The van der Waals surface area contributed by atoms with E-state index in [0.717, 1.165) is 29.8 Å². The summed E-state index contributed by atoms with van der Waals surface area (Å²) in [5.74, 6) is 0.489. The van der Waals surface area contributed by atoms with Crippen LogP contribution < -0.4 is 5.32 Å². The molecule has 2 atom stereocenters. The van der Waals surface area contributed by atoms with Gasteiger partial charge in [0, 0.05) is 23.8 Å². The number of hydrogen-bond donors (Lipinski definition) is 1. The quantitative estimate of drug-likeness (QED) is 0.792. The van der Waals surface area contributed by atoms with Crippen molar-refractivity contribution in [2.24, 2.45) is 0 Å². The zero-order valence-corrected chi connectivity index (χ0v) is 17.7. The molecule has 1 saturated carbocycles. The molecule has 0 bridgehead atoms. The summed E-state index contributed by atoms with van der Waals surface area (Å²) in [7, 11) is -0.994. The normalized spacial score (nSPS) is 23.8. The highest BCUT2D eigenvalue weighted by Crippen LogP contribution is 2.27. The molecule has 1 saturated heterocycles. The molecule has 1 amide bonds. The van der Waals surface area contributed by atoms with E-state index >= 15 is 0 Å². The first-order valence-corrected chi connectivity index (χ1v) is 11.8. The van der Waals surface area contributed by atoms with Crippen LogP contribution in [0.15, 0.2) is 0 Å². The van der Waals surface area contributed by atoms with Crippen molar-refractivity contribution in [3.05, 3.63) is 17.0 Å². The molecule has 2 fully saturated rings. The molecule has 8 heteroatoms. The fourth-order valence-electron chi connectivity index (χ4n) is 4.23. The second-order valence-electron chi connectivity index (χ2n) is 8.23. The minimum Gasteiger partial charge on any atom is -0.352 e. The van der Waals surface area contributed by atoms with Crippen LogP contribution in [0.1, 0.15) is 62.0 Å². The van der Waals surface area contributed by atoms with Gasteiger partial charge in [-0.1, -0.05) is 12.8 Å². The van der Waals surface area contributed by atoms with Gasteiger partial charge in [-0.3, -0.25) is 14.4 Å². The van der Waals surface area contributed by atoms with Gasteiger partial charge in [0.1, 0.15) is 0 Å². The Morgan fingerprint density at radius 1 is 1.30 bits per heavy atom. The van der Waals surface area contributed by atoms with Gasteiger partial charge in [0.25, 0.3) is 0 Å². The maximum atomic E-state index is 12.5. The molecule has 7 nitrogen and oxygen atoms in total. The Morgan fingerprint density at radius 2 is 1.96 bits per heavy atom. The van der Waals surface area contributed by atoms with Crippen LogP contribution in [0.3, 0.4) is 0 Å². The van der Waals surface area contributed by atoms with Crippen molar-refractivity contribution in [1.82, 2.24) is 20.0 Å². The smallest absolute Gasteiger partial charge is 0.237 e. The summed E-state index contributed by atoms with van der Waals surface area (Å²) in [5, 5.41) is 7.79. The van der Waals surface area contributed by atoms with Gasteiger partial charge in [-0.2, -0.15) is 5.10 Å².